The molecular formula is C9H18BrNO3S. The molecule has 0 aromatic rings. The molecule has 1 aliphatic rings. The van der Waals surface area contributed by atoms with Crippen molar-refractivity contribution in [1.29, 1.82) is 0 Å². The molecule has 6 heteroatoms. The van der Waals surface area contributed by atoms with E-state index in [4.69, 9.17) is 4.74 Å². The molecule has 0 atom stereocenters. The Morgan fingerprint density at radius 2 is 2.07 bits per heavy atom. The van der Waals surface area contributed by atoms with Gasteiger partial charge in [-0.15, -0.1) is 0 Å². The number of hydrogen-bond acceptors (Lipinski definition) is 3. The average molecular weight is 300 g/mol. The second kappa shape index (κ2) is 6.18. The Kier molecular flexibility index (Phi) is 5.52. The number of alkyl halides is 1. The lowest BCUT2D eigenvalue weighted by atomic mass is 10.5. The maximum absolute atomic E-state index is 11.9. The standard InChI is InChI=1S/C9H18BrNO3S/c1-14-7-6-11(5-4-10)15(12,13)8-9-2-3-9/h9H,2-8H2,1H3. The molecule has 4 nitrogen and oxygen atoms in total. The van der Waals surface area contributed by atoms with Crippen LogP contribution in [0.3, 0.4) is 0 Å². The maximum Gasteiger partial charge on any atom is 0.214 e. The average Bonchev–Trinajstić information content (AvgIpc) is 2.95. The van der Waals surface area contributed by atoms with Gasteiger partial charge in [-0.25, -0.2) is 8.42 Å². The van der Waals surface area contributed by atoms with E-state index in [1.54, 1.807) is 7.11 Å². The van der Waals surface area contributed by atoms with Crippen molar-refractivity contribution in [3.63, 3.8) is 0 Å². The van der Waals surface area contributed by atoms with E-state index in [0.29, 0.717) is 36.7 Å². The van der Waals surface area contributed by atoms with Crippen LogP contribution in [0.2, 0.25) is 0 Å². The first-order chi connectivity index (χ1) is 7.10. The quantitative estimate of drug-likeness (QED) is 0.630. The summed E-state index contributed by atoms with van der Waals surface area (Å²) in [7, 11) is -1.49. The first kappa shape index (κ1) is 13.4. The molecule has 0 unspecified atom stereocenters. The Hall–Kier alpha value is 0.350. The van der Waals surface area contributed by atoms with Crippen LogP contribution < -0.4 is 0 Å². The van der Waals surface area contributed by atoms with E-state index in [1.807, 2.05) is 0 Å². The van der Waals surface area contributed by atoms with Crippen molar-refractivity contribution in [2.24, 2.45) is 5.92 Å². The lowest BCUT2D eigenvalue weighted by Gasteiger charge is -2.20. The zero-order chi connectivity index (χ0) is 11.3. The third kappa shape index (κ3) is 4.80. The Balaban J connectivity index is 2.50. The number of sulfonamides is 1. The molecule has 0 heterocycles. The molecule has 0 amide bonds. The van der Waals surface area contributed by atoms with Crippen molar-refractivity contribution in [2.45, 2.75) is 12.8 Å². The third-order valence-corrected chi connectivity index (χ3v) is 4.81. The van der Waals surface area contributed by atoms with Crippen molar-refractivity contribution in [2.75, 3.05) is 37.9 Å². The number of ether oxygens (including phenoxy) is 1. The van der Waals surface area contributed by atoms with Gasteiger partial charge in [0.15, 0.2) is 0 Å². The summed E-state index contributed by atoms with van der Waals surface area (Å²) in [6.45, 7) is 1.44. The molecule has 90 valence electrons. The topological polar surface area (TPSA) is 46.6 Å². The number of rotatable bonds is 8. The van der Waals surface area contributed by atoms with Crippen LogP contribution in [0.4, 0.5) is 0 Å². The minimum Gasteiger partial charge on any atom is -0.383 e. The van der Waals surface area contributed by atoms with Crippen LogP contribution in [0.5, 0.6) is 0 Å². The predicted molar refractivity (Wildman–Crippen MR) is 63.8 cm³/mol. The number of nitrogens with zero attached hydrogens (tertiary/aromatic N) is 1. The first-order valence-electron chi connectivity index (χ1n) is 5.13. The molecule has 0 aromatic carbocycles. The van der Waals surface area contributed by atoms with Gasteiger partial charge in [0.2, 0.25) is 10.0 Å². The van der Waals surface area contributed by atoms with Crippen molar-refractivity contribution >= 4 is 26.0 Å². The molecule has 0 aromatic heterocycles. The molecule has 0 bridgehead atoms. The van der Waals surface area contributed by atoms with Crippen molar-refractivity contribution in [3.05, 3.63) is 0 Å². The molecular weight excluding hydrogens is 282 g/mol. The second-order valence-corrected chi connectivity index (χ2v) is 6.61. The molecule has 1 saturated carbocycles. The largest absolute Gasteiger partial charge is 0.383 e. The highest BCUT2D eigenvalue weighted by atomic mass is 79.9. The normalized spacial score (nSPS) is 17.3. The molecule has 1 fully saturated rings. The van der Waals surface area contributed by atoms with E-state index in [2.05, 4.69) is 15.9 Å². The van der Waals surface area contributed by atoms with E-state index >= 15 is 0 Å². The maximum atomic E-state index is 11.9. The molecule has 15 heavy (non-hydrogen) atoms. The summed E-state index contributed by atoms with van der Waals surface area (Å²) in [5, 5.41) is 0.667. The molecule has 0 radical (unpaired) electrons. The van der Waals surface area contributed by atoms with Crippen LogP contribution in [-0.2, 0) is 14.8 Å². The second-order valence-electron chi connectivity index (χ2n) is 3.80. The van der Waals surface area contributed by atoms with Gasteiger partial charge in [0.05, 0.1) is 12.4 Å². The van der Waals surface area contributed by atoms with Crippen molar-refractivity contribution < 1.29 is 13.2 Å². The summed E-state index contributed by atoms with van der Waals surface area (Å²) >= 11 is 3.27. The zero-order valence-corrected chi connectivity index (χ0v) is 11.4. The highest BCUT2D eigenvalue weighted by Crippen LogP contribution is 2.31. The van der Waals surface area contributed by atoms with E-state index < -0.39 is 10.0 Å². The van der Waals surface area contributed by atoms with Crippen LogP contribution in [0.1, 0.15) is 12.8 Å². The van der Waals surface area contributed by atoms with Crippen LogP contribution in [0.25, 0.3) is 0 Å². The summed E-state index contributed by atoms with van der Waals surface area (Å²) in [4.78, 5) is 0. The zero-order valence-electron chi connectivity index (χ0n) is 8.99. The SMILES string of the molecule is COCCN(CCBr)S(=O)(=O)CC1CC1. The summed E-state index contributed by atoms with van der Waals surface area (Å²) < 4.78 is 30.3. The predicted octanol–water partition coefficient (Wildman–Crippen LogP) is 1.07. The Bertz CT molecular complexity index is 277. The third-order valence-electron chi connectivity index (χ3n) is 2.42. The van der Waals surface area contributed by atoms with Gasteiger partial charge in [0, 0.05) is 25.5 Å². The number of methoxy groups -OCH3 is 1. The van der Waals surface area contributed by atoms with Gasteiger partial charge in [-0.2, -0.15) is 4.31 Å². The van der Waals surface area contributed by atoms with Gasteiger partial charge >= 0.3 is 0 Å². The van der Waals surface area contributed by atoms with Gasteiger partial charge in [0.25, 0.3) is 0 Å². The van der Waals surface area contributed by atoms with Crippen LogP contribution in [-0.4, -0.2) is 50.6 Å². The first-order valence-corrected chi connectivity index (χ1v) is 7.86. The van der Waals surface area contributed by atoms with Gasteiger partial charge < -0.3 is 4.74 Å². The smallest absolute Gasteiger partial charge is 0.214 e. The van der Waals surface area contributed by atoms with E-state index in [1.165, 1.54) is 4.31 Å². The summed E-state index contributed by atoms with van der Waals surface area (Å²) in [5.74, 6) is 0.708. The van der Waals surface area contributed by atoms with E-state index in [0.717, 1.165) is 12.8 Å². The Labute approximate surface area is 100 Å². The Morgan fingerprint density at radius 3 is 2.53 bits per heavy atom. The summed E-state index contributed by atoms with van der Waals surface area (Å²) in [5.41, 5.74) is 0. The molecule has 1 rings (SSSR count). The molecule has 0 spiro atoms. The minimum absolute atomic E-state index is 0.309. The summed E-state index contributed by atoms with van der Waals surface area (Å²) in [6, 6.07) is 0. The van der Waals surface area contributed by atoms with Gasteiger partial charge in [0.1, 0.15) is 0 Å². The van der Waals surface area contributed by atoms with Gasteiger partial charge in [-0.1, -0.05) is 15.9 Å². The molecule has 0 N–H and O–H groups in total. The van der Waals surface area contributed by atoms with Crippen LogP contribution >= 0.6 is 15.9 Å². The highest BCUT2D eigenvalue weighted by Gasteiger charge is 2.31. The van der Waals surface area contributed by atoms with Crippen molar-refractivity contribution in [3.8, 4) is 0 Å². The highest BCUT2D eigenvalue weighted by molar-refractivity contribution is 9.09. The summed E-state index contributed by atoms with van der Waals surface area (Å²) in [6.07, 6.45) is 2.12. The van der Waals surface area contributed by atoms with E-state index in [9.17, 15) is 8.42 Å². The fourth-order valence-corrected chi connectivity index (χ4v) is 3.89. The van der Waals surface area contributed by atoms with Crippen LogP contribution in [0.15, 0.2) is 0 Å². The van der Waals surface area contributed by atoms with Gasteiger partial charge in [-0.05, 0) is 18.8 Å². The minimum atomic E-state index is -3.07. The lowest BCUT2D eigenvalue weighted by Crippen LogP contribution is -2.37. The fraction of sp³-hybridized carbons (Fsp3) is 1.00. The van der Waals surface area contributed by atoms with Crippen LogP contribution in [0, 0.1) is 5.92 Å². The van der Waals surface area contributed by atoms with Crippen molar-refractivity contribution in [1.82, 2.24) is 4.31 Å². The fourth-order valence-electron chi connectivity index (χ4n) is 1.37. The molecule has 1 aliphatic carbocycles. The van der Waals surface area contributed by atoms with Gasteiger partial charge in [-0.3, -0.25) is 0 Å². The Morgan fingerprint density at radius 1 is 1.40 bits per heavy atom. The van der Waals surface area contributed by atoms with E-state index in [-0.39, 0.29) is 0 Å². The molecule has 0 aliphatic heterocycles. The number of halogens is 1. The molecule has 0 saturated heterocycles. The number of hydrogen-bond donors (Lipinski definition) is 0. The monoisotopic (exact) mass is 299 g/mol. The lowest BCUT2D eigenvalue weighted by molar-refractivity contribution is 0.180.